The van der Waals surface area contributed by atoms with Crippen molar-refractivity contribution in [2.45, 2.75) is 13.3 Å². The molecule has 0 saturated heterocycles. The van der Waals surface area contributed by atoms with Crippen molar-refractivity contribution < 1.29 is 0 Å². The van der Waals surface area contributed by atoms with E-state index in [1.54, 1.807) is 0 Å². The summed E-state index contributed by atoms with van der Waals surface area (Å²) in [6.45, 7) is 2.12. The molecule has 0 aromatic heterocycles. The Balaban J connectivity index is 2.45. The molecule has 0 amide bonds. The highest BCUT2D eigenvalue weighted by atomic mass is 15.1. The largest absolute Gasteiger partial charge is 0.381 e. The van der Waals surface area contributed by atoms with Crippen LogP contribution in [0.5, 0.6) is 0 Å². The summed E-state index contributed by atoms with van der Waals surface area (Å²) in [7, 11) is 8.41. The van der Waals surface area contributed by atoms with Crippen molar-refractivity contribution in [1.82, 2.24) is 9.80 Å². The summed E-state index contributed by atoms with van der Waals surface area (Å²) in [4.78, 5) is 4.38. The zero-order valence-electron chi connectivity index (χ0n) is 12.6. The number of benzene rings is 1. The summed E-state index contributed by atoms with van der Waals surface area (Å²) in [5.41, 5.74) is 6.55. The average molecular weight is 255 g/mol. The van der Waals surface area contributed by atoms with Crippen molar-refractivity contribution in [3.05, 3.63) is 59.3 Å². The first-order valence-electron chi connectivity index (χ1n) is 6.69. The van der Waals surface area contributed by atoms with Gasteiger partial charge in [-0.2, -0.15) is 0 Å². The van der Waals surface area contributed by atoms with E-state index in [9.17, 15) is 0 Å². The number of aryl methyl sites for hydroxylation is 1. The van der Waals surface area contributed by atoms with Gasteiger partial charge in [-0.3, -0.25) is 0 Å². The standard InChI is InChI=1S/C17H23N2/c1-13-6-8-14(9-7-13)16-11-10-15(18(2)3)12-17(16)19(4)5/h6-9,11-12H,10H2,1-5H3. The summed E-state index contributed by atoms with van der Waals surface area (Å²) in [6.07, 6.45) is 5.61. The molecule has 0 aliphatic heterocycles. The summed E-state index contributed by atoms with van der Waals surface area (Å²) in [5.74, 6) is 0. The predicted molar refractivity (Wildman–Crippen MR) is 82.5 cm³/mol. The lowest BCUT2D eigenvalue weighted by Gasteiger charge is -2.28. The van der Waals surface area contributed by atoms with Crippen LogP contribution in [0.15, 0.2) is 41.7 Å². The van der Waals surface area contributed by atoms with Crippen LogP contribution in [0, 0.1) is 13.3 Å². The third-order valence-electron chi connectivity index (χ3n) is 3.51. The molecular weight excluding hydrogens is 232 g/mol. The molecule has 0 bridgehead atoms. The maximum atomic E-state index is 2.33. The number of hydrogen-bond donors (Lipinski definition) is 0. The molecule has 1 aliphatic rings. The number of likely N-dealkylation sites (N-methyl/N-ethyl adjacent to an activating group) is 1. The fourth-order valence-corrected chi connectivity index (χ4v) is 2.29. The zero-order valence-corrected chi connectivity index (χ0v) is 12.6. The second-order valence-electron chi connectivity index (χ2n) is 5.50. The Morgan fingerprint density at radius 3 is 2.05 bits per heavy atom. The Labute approximate surface area is 117 Å². The molecule has 1 aromatic rings. The van der Waals surface area contributed by atoms with E-state index in [1.165, 1.54) is 28.1 Å². The highest BCUT2D eigenvalue weighted by Gasteiger charge is 2.17. The molecule has 1 aromatic carbocycles. The molecule has 0 spiro atoms. The molecule has 0 saturated carbocycles. The van der Waals surface area contributed by atoms with Crippen LogP contribution in [0.25, 0.3) is 5.57 Å². The van der Waals surface area contributed by atoms with Crippen molar-refractivity contribution in [2.75, 3.05) is 28.2 Å². The highest BCUT2D eigenvalue weighted by molar-refractivity contribution is 5.78. The first kappa shape index (κ1) is 13.7. The number of hydrogen-bond acceptors (Lipinski definition) is 2. The Morgan fingerprint density at radius 1 is 0.895 bits per heavy atom. The van der Waals surface area contributed by atoms with Crippen LogP contribution in [-0.2, 0) is 0 Å². The minimum atomic E-state index is 0.994. The zero-order chi connectivity index (χ0) is 14.0. The van der Waals surface area contributed by atoms with Gasteiger partial charge in [-0.25, -0.2) is 0 Å². The molecular formula is C17H23N2. The first-order valence-corrected chi connectivity index (χ1v) is 6.69. The minimum Gasteiger partial charge on any atom is -0.381 e. The van der Waals surface area contributed by atoms with Crippen LogP contribution in [0.3, 0.4) is 0 Å². The van der Waals surface area contributed by atoms with Crippen molar-refractivity contribution >= 4 is 5.57 Å². The molecule has 19 heavy (non-hydrogen) atoms. The monoisotopic (exact) mass is 255 g/mol. The highest BCUT2D eigenvalue weighted by Crippen LogP contribution is 2.32. The summed E-state index contributed by atoms with van der Waals surface area (Å²) >= 11 is 0. The van der Waals surface area contributed by atoms with Gasteiger partial charge >= 0.3 is 0 Å². The number of nitrogens with zero attached hydrogens (tertiary/aromatic N) is 2. The Kier molecular flexibility index (Phi) is 3.98. The smallest absolute Gasteiger partial charge is 0.0420 e. The van der Waals surface area contributed by atoms with Gasteiger partial charge in [0, 0.05) is 39.6 Å². The fourth-order valence-electron chi connectivity index (χ4n) is 2.29. The van der Waals surface area contributed by atoms with Crippen LogP contribution in [0.1, 0.15) is 17.5 Å². The van der Waals surface area contributed by atoms with Crippen molar-refractivity contribution in [3.8, 4) is 0 Å². The van der Waals surface area contributed by atoms with E-state index >= 15 is 0 Å². The SMILES string of the molecule is Cc1ccc(C2=C(N(C)C)C=C(N(C)C)C[CH]2)cc1. The van der Waals surface area contributed by atoms with E-state index in [4.69, 9.17) is 0 Å². The second-order valence-corrected chi connectivity index (χ2v) is 5.50. The lowest BCUT2D eigenvalue weighted by molar-refractivity contribution is 0.479. The quantitative estimate of drug-likeness (QED) is 0.817. The van der Waals surface area contributed by atoms with E-state index in [1.807, 2.05) is 0 Å². The Morgan fingerprint density at radius 2 is 1.53 bits per heavy atom. The normalized spacial score (nSPS) is 15.3. The predicted octanol–water partition coefficient (Wildman–Crippen LogP) is 3.32. The molecule has 0 unspecified atom stereocenters. The topological polar surface area (TPSA) is 6.48 Å². The van der Waals surface area contributed by atoms with Gasteiger partial charge in [-0.05, 0) is 37.0 Å². The van der Waals surface area contributed by atoms with Gasteiger partial charge in [0.15, 0.2) is 0 Å². The molecule has 101 valence electrons. The van der Waals surface area contributed by atoms with Gasteiger partial charge < -0.3 is 9.80 Å². The molecule has 0 atom stereocenters. The third kappa shape index (κ3) is 3.01. The van der Waals surface area contributed by atoms with Crippen molar-refractivity contribution in [3.63, 3.8) is 0 Å². The van der Waals surface area contributed by atoms with E-state index < -0.39 is 0 Å². The van der Waals surface area contributed by atoms with E-state index in [-0.39, 0.29) is 0 Å². The van der Waals surface area contributed by atoms with Gasteiger partial charge in [-0.1, -0.05) is 29.8 Å². The lowest BCUT2D eigenvalue weighted by atomic mass is 9.92. The molecule has 1 aliphatic carbocycles. The van der Waals surface area contributed by atoms with Gasteiger partial charge in [0.2, 0.25) is 0 Å². The van der Waals surface area contributed by atoms with Gasteiger partial charge in [0.05, 0.1) is 0 Å². The van der Waals surface area contributed by atoms with Gasteiger partial charge in [-0.15, -0.1) is 0 Å². The Bertz CT molecular complexity index is 505. The molecule has 0 N–H and O–H groups in total. The third-order valence-corrected chi connectivity index (χ3v) is 3.51. The van der Waals surface area contributed by atoms with Gasteiger partial charge in [0.25, 0.3) is 0 Å². The van der Waals surface area contributed by atoms with Crippen LogP contribution in [0.4, 0.5) is 0 Å². The van der Waals surface area contributed by atoms with Crippen LogP contribution in [-0.4, -0.2) is 38.0 Å². The molecule has 2 rings (SSSR count). The van der Waals surface area contributed by atoms with Crippen LogP contribution < -0.4 is 0 Å². The average Bonchev–Trinajstić information content (AvgIpc) is 2.38. The van der Waals surface area contributed by atoms with E-state index in [2.05, 4.69) is 81.7 Å². The second kappa shape index (κ2) is 5.52. The summed E-state index contributed by atoms with van der Waals surface area (Å²) in [5, 5.41) is 0. The van der Waals surface area contributed by atoms with Crippen LogP contribution >= 0.6 is 0 Å². The Hall–Kier alpha value is -1.70. The molecule has 0 fully saturated rings. The number of rotatable bonds is 3. The summed E-state index contributed by atoms with van der Waals surface area (Å²) in [6, 6.07) is 8.77. The van der Waals surface area contributed by atoms with Crippen molar-refractivity contribution in [2.24, 2.45) is 0 Å². The molecule has 1 radical (unpaired) electrons. The lowest BCUT2D eigenvalue weighted by Crippen LogP contribution is -2.20. The van der Waals surface area contributed by atoms with Gasteiger partial charge in [0.1, 0.15) is 0 Å². The van der Waals surface area contributed by atoms with Crippen molar-refractivity contribution in [1.29, 1.82) is 0 Å². The fraction of sp³-hybridized carbons (Fsp3) is 0.353. The maximum Gasteiger partial charge on any atom is 0.0420 e. The van der Waals surface area contributed by atoms with E-state index in [0.717, 1.165) is 6.42 Å². The summed E-state index contributed by atoms with van der Waals surface area (Å²) < 4.78 is 0. The minimum absolute atomic E-state index is 0.994. The maximum absolute atomic E-state index is 2.33. The molecule has 2 heteroatoms. The number of allylic oxidation sites excluding steroid dienone is 3. The van der Waals surface area contributed by atoms with E-state index in [0.29, 0.717) is 0 Å². The molecule has 0 heterocycles. The molecule has 2 nitrogen and oxygen atoms in total. The van der Waals surface area contributed by atoms with Crippen LogP contribution in [0.2, 0.25) is 0 Å². The first-order chi connectivity index (χ1) is 8.99.